The maximum absolute atomic E-state index is 12.4. The molecule has 0 saturated heterocycles. The van der Waals surface area contributed by atoms with Crippen LogP contribution in [0.1, 0.15) is 28.9 Å². The molecule has 3 rings (SSSR count). The Morgan fingerprint density at radius 3 is 2.12 bits per heavy atom. The van der Waals surface area contributed by atoms with Crippen LogP contribution in [0.3, 0.4) is 0 Å². The molecule has 0 heterocycles. The summed E-state index contributed by atoms with van der Waals surface area (Å²) < 4.78 is 0. The van der Waals surface area contributed by atoms with Crippen molar-refractivity contribution in [2.45, 2.75) is 13.0 Å². The summed E-state index contributed by atoms with van der Waals surface area (Å²) in [6.07, 6.45) is 0. The molecule has 7 nitrogen and oxygen atoms in total. The van der Waals surface area contributed by atoms with Gasteiger partial charge < -0.3 is 10.6 Å². The van der Waals surface area contributed by atoms with Gasteiger partial charge in [-0.25, -0.2) is 4.79 Å². The van der Waals surface area contributed by atoms with Crippen molar-refractivity contribution in [2.24, 2.45) is 0 Å². The molecule has 3 aromatic carbocycles. The van der Waals surface area contributed by atoms with Crippen LogP contribution >= 0.6 is 0 Å². The minimum absolute atomic E-state index is 0.0317. The van der Waals surface area contributed by atoms with E-state index in [4.69, 9.17) is 0 Å². The number of imide groups is 1. The van der Waals surface area contributed by atoms with Crippen LogP contribution in [0, 0.1) is 0 Å². The molecule has 0 fully saturated rings. The Hall–Kier alpha value is -3.97. The highest BCUT2D eigenvalue weighted by Gasteiger charge is 2.17. The van der Waals surface area contributed by atoms with Gasteiger partial charge >= 0.3 is 6.03 Å². The zero-order valence-corrected chi connectivity index (χ0v) is 18.0. The maximum atomic E-state index is 12.4. The van der Waals surface area contributed by atoms with E-state index in [9.17, 15) is 14.4 Å². The summed E-state index contributed by atoms with van der Waals surface area (Å²) in [4.78, 5) is 38.5. The van der Waals surface area contributed by atoms with Crippen molar-refractivity contribution in [3.05, 3.63) is 96.1 Å². The summed E-state index contributed by atoms with van der Waals surface area (Å²) in [5.74, 6) is -0.603. The highest BCUT2D eigenvalue weighted by Crippen LogP contribution is 2.22. The van der Waals surface area contributed by atoms with E-state index in [0.29, 0.717) is 16.9 Å². The van der Waals surface area contributed by atoms with Crippen LogP contribution < -0.4 is 16.0 Å². The predicted octanol–water partition coefficient (Wildman–Crippen LogP) is 4.28. The average Bonchev–Trinajstić information content (AvgIpc) is 2.79. The summed E-state index contributed by atoms with van der Waals surface area (Å²) in [7, 11) is 1.80. The fourth-order valence-corrected chi connectivity index (χ4v) is 3.14. The molecule has 0 aliphatic heterocycles. The van der Waals surface area contributed by atoms with E-state index < -0.39 is 11.9 Å². The smallest absolute Gasteiger partial charge is 0.322 e. The molecule has 0 bridgehead atoms. The van der Waals surface area contributed by atoms with Crippen LogP contribution in [0.15, 0.2) is 84.9 Å². The van der Waals surface area contributed by atoms with E-state index >= 15 is 0 Å². The van der Waals surface area contributed by atoms with Crippen molar-refractivity contribution in [1.82, 2.24) is 10.2 Å². The lowest BCUT2D eigenvalue weighted by atomic mass is 10.1. The lowest BCUT2D eigenvalue weighted by Gasteiger charge is -2.24. The fourth-order valence-electron chi connectivity index (χ4n) is 3.14. The van der Waals surface area contributed by atoms with Crippen molar-refractivity contribution < 1.29 is 14.4 Å². The largest absolute Gasteiger partial charge is 0.325 e. The van der Waals surface area contributed by atoms with Gasteiger partial charge in [0.25, 0.3) is 5.91 Å². The summed E-state index contributed by atoms with van der Waals surface area (Å²) in [6, 6.07) is 24.7. The molecule has 0 saturated carbocycles. The van der Waals surface area contributed by atoms with E-state index in [0.717, 1.165) is 5.56 Å². The standard InChI is InChI=1S/C25H26N4O3/c1-18(29(2)17-23(30)28-25(32)27-21-13-7-4-8-14-21)20-12-9-15-22(16-20)26-24(31)19-10-5-3-6-11-19/h3-16,18H,17H2,1-2H3,(H,26,31)(H2,27,28,30,32). The maximum Gasteiger partial charge on any atom is 0.325 e. The number of likely N-dealkylation sites (N-methyl/N-ethyl adjacent to an activating group) is 1. The number of hydrogen-bond acceptors (Lipinski definition) is 4. The monoisotopic (exact) mass is 430 g/mol. The van der Waals surface area contributed by atoms with Gasteiger partial charge in [-0.2, -0.15) is 0 Å². The molecule has 1 unspecified atom stereocenters. The summed E-state index contributed by atoms with van der Waals surface area (Å²) in [5.41, 5.74) is 2.78. The van der Waals surface area contributed by atoms with E-state index in [1.54, 1.807) is 43.4 Å². The number of anilines is 2. The third-order valence-electron chi connectivity index (χ3n) is 5.00. The summed E-state index contributed by atoms with van der Waals surface area (Å²) in [5, 5.41) is 7.84. The lowest BCUT2D eigenvalue weighted by Crippen LogP contribution is -2.41. The number of carbonyl (C=O) groups excluding carboxylic acids is 3. The number of nitrogens with zero attached hydrogens (tertiary/aromatic N) is 1. The molecule has 164 valence electrons. The van der Waals surface area contributed by atoms with Crippen molar-refractivity contribution in [3.8, 4) is 0 Å². The van der Waals surface area contributed by atoms with Gasteiger partial charge in [-0.3, -0.25) is 19.8 Å². The van der Waals surface area contributed by atoms with Gasteiger partial charge in [0.15, 0.2) is 0 Å². The summed E-state index contributed by atoms with van der Waals surface area (Å²) in [6.45, 7) is 1.99. The highest BCUT2D eigenvalue weighted by molar-refractivity contribution is 6.04. The van der Waals surface area contributed by atoms with E-state index in [1.807, 2.05) is 60.4 Å². The van der Waals surface area contributed by atoms with Gasteiger partial charge in [0, 0.05) is 23.0 Å². The third-order valence-corrected chi connectivity index (χ3v) is 5.00. The molecule has 0 radical (unpaired) electrons. The SMILES string of the molecule is CC(c1cccc(NC(=O)c2ccccc2)c1)N(C)CC(=O)NC(=O)Nc1ccccc1. The number of benzene rings is 3. The van der Waals surface area contributed by atoms with E-state index in [-0.39, 0.29) is 18.5 Å². The minimum atomic E-state index is -0.576. The minimum Gasteiger partial charge on any atom is -0.322 e. The number of hydrogen-bond donors (Lipinski definition) is 3. The topological polar surface area (TPSA) is 90.5 Å². The average molecular weight is 431 g/mol. The molecule has 7 heteroatoms. The molecular formula is C25H26N4O3. The molecule has 0 aliphatic carbocycles. The zero-order chi connectivity index (χ0) is 22.9. The van der Waals surface area contributed by atoms with Crippen LogP contribution in [-0.4, -0.2) is 36.3 Å². The molecule has 0 aromatic heterocycles. The second kappa shape index (κ2) is 10.9. The molecule has 32 heavy (non-hydrogen) atoms. The quantitative estimate of drug-likeness (QED) is 0.522. The Balaban J connectivity index is 1.55. The first kappa shape index (κ1) is 22.7. The first-order valence-corrected chi connectivity index (χ1v) is 10.2. The van der Waals surface area contributed by atoms with Gasteiger partial charge in [0.1, 0.15) is 0 Å². The molecular weight excluding hydrogens is 404 g/mol. The zero-order valence-electron chi connectivity index (χ0n) is 18.0. The number of rotatable bonds is 7. The Morgan fingerprint density at radius 2 is 1.44 bits per heavy atom. The second-order valence-electron chi connectivity index (χ2n) is 7.41. The number of para-hydroxylation sites is 1. The number of urea groups is 1. The molecule has 3 aromatic rings. The van der Waals surface area contributed by atoms with Crippen molar-refractivity contribution in [1.29, 1.82) is 0 Å². The molecule has 3 N–H and O–H groups in total. The Labute approximate surface area is 187 Å². The number of carbonyl (C=O) groups is 3. The van der Waals surface area contributed by atoms with Crippen LogP contribution in [0.4, 0.5) is 16.2 Å². The van der Waals surface area contributed by atoms with E-state index in [1.165, 1.54) is 0 Å². The Kier molecular flexibility index (Phi) is 7.72. The Morgan fingerprint density at radius 1 is 0.812 bits per heavy atom. The molecule has 1 atom stereocenters. The molecule has 4 amide bonds. The summed E-state index contributed by atoms with van der Waals surface area (Å²) >= 11 is 0. The number of nitrogens with one attached hydrogen (secondary N) is 3. The molecule has 0 aliphatic rings. The predicted molar refractivity (Wildman–Crippen MR) is 125 cm³/mol. The van der Waals surface area contributed by atoms with Crippen molar-refractivity contribution in [2.75, 3.05) is 24.2 Å². The second-order valence-corrected chi connectivity index (χ2v) is 7.41. The van der Waals surface area contributed by atoms with Gasteiger partial charge in [0.05, 0.1) is 6.54 Å². The normalized spacial score (nSPS) is 11.5. The van der Waals surface area contributed by atoms with Crippen LogP contribution in [0.5, 0.6) is 0 Å². The molecule has 0 spiro atoms. The highest BCUT2D eigenvalue weighted by atomic mass is 16.2. The van der Waals surface area contributed by atoms with Gasteiger partial charge in [-0.15, -0.1) is 0 Å². The van der Waals surface area contributed by atoms with Gasteiger partial charge in [-0.05, 0) is 55.9 Å². The van der Waals surface area contributed by atoms with Crippen LogP contribution in [-0.2, 0) is 4.79 Å². The fraction of sp³-hybridized carbons (Fsp3) is 0.160. The van der Waals surface area contributed by atoms with E-state index in [2.05, 4.69) is 16.0 Å². The van der Waals surface area contributed by atoms with Crippen molar-refractivity contribution in [3.63, 3.8) is 0 Å². The number of amides is 4. The third kappa shape index (κ3) is 6.52. The Bertz CT molecular complexity index is 1070. The first-order chi connectivity index (χ1) is 15.4. The lowest BCUT2D eigenvalue weighted by molar-refractivity contribution is -0.121. The first-order valence-electron chi connectivity index (χ1n) is 10.2. The van der Waals surface area contributed by atoms with Crippen molar-refractivity contribution >= 4 is 29.2 Å². The van der Waals surface area contributed by atoms with Crippen LogP contribution in [0.2, 0.25) is 0 Å². The van der Waals surface area contributed by atoms with Crippen LogP contribution in [0.25, 0.3) is 0 Å². The van der Waals surface area contributed by atoms with Gasteiger partial charge in [-0.1, -0.05) is 48.5 Å². The van der Waals surface area contributed by atoms with Gasteiger partial charge in [0.2, 0.25) is 5.91 Å².